The highest BCUT2D eigenvalue weighted by Crippen LogP contribution is 2.24. The smallest absolute Gasteiger partial charge is 0.303 e. The Hall–Kier alpha value is -1.38. The molecule has 3 heteroatoms. The van der Waals surface area contributed by atoms with Crippen molar-refractivity contribution in [3.8, 4) is 0 Å². The van der Waals surface area contributed by atoms with Crippen molar-refractivity contribution in [2.24, 2.45) is 17.8 Å². The normalized spacial score (nSPS) is 13.4. The fourth-order valence-electron chi connectivity index (χ4n) is 1.78. The van der Waals surface area contributed by atoms with E-state index in [1.165, 1.54) is 13.3 Å². The lowest BCUT2D eigenvalue weighted by Gasteiger charge is -2.20. The SMILES string of the molecule is CC(=O)OC(c1cccnc1)C(C)C.CCC(C)C(C)C. The Labute approximate surface area is 130 Å². The maximum atomic E-state index is 10.9. The van der Waals surface area contributed by atoms with Gasteiger partial charge in [-0.3, -0.25) is 9.78 Å². The minimum absolute atomic E-state index is 0.193. The Kier molecular flexibility index (Phi) is 9.68. The van der Waals surface area contributed by atoms with Crippen molar-refractivity contribution in [3.05, 3.63) is 30.1 Å². The quantitative estimate of drug-likeness (QED) is 0.715. The molecule has 0 radical (unpaired) electrons. The Morgan fingerprint density at radius 2 is 1.81 bits per heavy atom. The third-order valence-corrected chi connectivity index (χ3v) is 3.69. The zero-order valence-electron chi connectivity index (χ0n) is 14.6. The van der Waals surface area contributed by atoms with Crippen molar-refractivity contribution in [1.82, 2.24) is 4.98 Å². The molecule has 1 heterocycles. The fourth-order valence-corrected chi connectivity index (χ4v) is 1.78. The van der Waals surface area contributed by atoms with E-state index in [2.05, 4.69) is 32.7 Å². The fraction of sp³-hybridized carbons (Fsp3) is 0.667. The number of esters is 1. The lowest BCUT2D eigenvalue weighted by Crippen LogP contribution is -2.14. The Balaban J connectivity index is 0.000000486. The van der Waals surface area contributed by atoms with Gasteiger partial charge in [-0.15, -0.1) is 0 Å². The van der Waals surface area contributed by atoms with Gasteiger partial charge in [0.2, 0.25) is 0 Å². The van der Waals surface area contributed by atoms with Gasteiger partial charge in [0.1, 0.15) is 6.10 Å². The number of aromatic nitrogens is 1. The molecule has 0 aromatic carbocycles. The van der Waals surface area contributed by atoms with Crippen molar-refractivity contribution in [1.29, 1.82) is 0 Å². The highest BCUT2D eigenvalue weighted by molar-refractivity contribution is 5.66. The van der Waals surface area contributed by atoms with Crippen molar-refractivity contribution in [2.75, 3.05) is 0 Å². The lowest BCUT2D eigenvalue weighted by molar-refractivity contribution is -0.149. The molecule has 0 bridgehead atoms. The molecule has 21 heavy (non-hydrogen) atoms. The molecule has 0 aliphatic carbocycles. The summed E-state index contributed by atoms with van der Waals surface area (Å²) in [4.78, 5) is 14.9. The van der Waals surface area contributed by atoms with E-state index in [9.17, 15) is 4.79 Å². The van der Waals surface area contributed by atoms with E-state index in [0.29, 0.717) is 0 Å². The molecule has 0 aliphatic heterocycles. The molecule has 0 amide bonds. The topological polar surface area (TPSA) is 39.2 Å². The van der Waals surface area contributed by atoms with Gasteiger partial charge in [-0.1, -0.05) is 54.0 Å². The summed E-state index contributed by atoms with van der Waals surface area (Å²) >= 11 is 0. The Morgan fingerprint density at radius 1 is 1.19 bits per heavy atom. The van der Waals surface area contributed by atoms with Gasteiger partial charge >= 0.3 is 5.97 Å². The highest BCUT2D eigenvalue weighted by Gasteiger charge is 2.18. The molecule has 1 aromatic heterocycles. The highest BCUT2D eigenvalue weighted by atomic mass is 16.5. The molecule has 3 nitrogen and oxygen atoms in total. The second-order valence-corrected chi connectivity index (χ2v) is 6.19. The molecule has 2 unspecified atom stereocenters. The van der Waals surface area contributed by atoms with Crippen molar-refractivity contribution in [2.45, 2.75) is 61.0 Å². The third-order valence-electron chi connectivity index (χ3n) is 3.69. The van der Waals surface area contributed by atoms with Gasteiger partial charge < -0.3 is 4.74 Å². The van der Waals surface area contributed by atoms with E-state index in [-0.39, 0.29) is 18.0 Å². The van der Waals surface area contributed by atoms with Crippen LogP contribution in [0.1, 0.15) is 66.6 Å². The van der Waals surface area contributed by atoms with Crippen molar-refractivity contribution in [3.63, 3.8) is 0 Å². The number of pyridine rings is 1. The van der Waals surface area contributed by atoms with Crippen LogP contribution >= 0.6 is 0 Å². The van der Waals surface area contributed by atoms with Gasteiger partial charge in [-0.05, 0) is 23.8 Å². The molecule has 120 valence electrons. The first kappa shape index (κ1) is 19.6. The molecule has 2 atom stereocenters. The van der Waals surface area contributed by atoms with E-state index in [1.807, 2.05) is 26.0 Å². The van der Waals surface area contributed by atoms with E-state index in [0.717, 1.165) is 17.4 Å². The van der Waals surface area contributed by atoms with E-state index in [1.54, 1.807) is 12.4 Å². The van der Waals surface area contributed by atoms with Crippen LogP contribution in [0.5, 0.6) is 0 Å². The number of hydrogen-bond donors (Lipinski definition) is 0. The molecule has 0 saturated heterocycles. The summed E-state index contributed by atoms with van der Waals surface area (Å²) in [5.41, 5.74) is 0.942. The summed E-state index contributed by atoms with van der Waals surface area (Å²) in [5.74, 6) is 1.76. The molecular formula is C18H31NO2. The molecule has 0 fully saturated rings. The van der Waals surface area contributed by atoms with Crippen LogP contribution in [-0.4, -0.2) is 11.0 Å². The zero-order valence-corrected chi connectivity index (χ0v) is 14.6. The molecule has 1 rings (SSSR count). The Morgan fingerprint density at radius 3 is 2.10 bits per heavy atom. The average molecular weight is 293 g/mol. The van der Waals surface area contributed by atoms with Crippen LogP contribution in [-0.2, 0) is 9.53 Å². The second-order valence-electron chi connectivity index (χ2n) is 6.19. The van der Waals surface area contributed by atoms with Gasteiger partial charge in [0.25, 0.3) is 0 Å². The maximum Gasteiger partial charge on any atom is 0.303 e. The molecule has 0 saturated carbocycles. The van der Waals surface area contributed by atoms with Crippen LogP contribution < -0.4 is 0 Å². The summed E-state index contributed by atoms with van der Waals surface area (Å²) in [7, 11) is 0. The average Bonchev–Trinajstić information content (AvgIpc) is 2.44. The third kappa shape index (κ3) is 8.49. The lowest BCUT2D eigenvalue weighted by atomic mass is 9.96. The predicted octanol–water partition coefficient (Wildman–Crippen LogP) is 5.03. The molecule has 1 aromatic rings. The minimum Gasteiger partial charge on any atom is -0.457 e. The summed E-state index contributed by atoms with van der Waals surface area (Å²) < 4.78 is 5.22. The van der Waals surface area contributed by atoms with Gasteiger partial charge in [0.05, 0.1) is 0 Å². The van der Waals surface area contributed by atoms with E-state index < -0.39 is 0 Å². The number of ether oxygens (including phenoxy) is 1. The first-order valence-electron chi connectivity index (χ1n) is 7.86. The molecular weight excluding hydrogens is 262 g/mol. The monoisotopic (exact) mass is 293 g/mol. The van der Waals surface area contributed by atoms with E-state index in [4.69, 9.17) is 4.74 Å². The van der Waals surface area contributed by atoms with Crippen LogP contribution in [0.2, 0.25) is 0 Å². The van der Waals surface area contributed by atoms with Crippen LogP contribution in [0.3, 0.4) is 0 Å². The Bertz CT molecular complexity index is 387. The summed E-state index contributed by atoms with van der Waals surface area (Å²) in [5, 5.41) is 0. The standard InChI is InChI=1S/C11H15NO2.C7H16/c1-8(2)11(14-9(3)13)10-5-4-6-12-7-10;1-5-7(4)6(2)3/h4-8,11H,1-3H3;6-7H,5H2,1-4H3. The maximum absolute atomic E-state index is 10.9. The van der Waals surface area contributed by atoms with Gasteiger partial charge in [-0.2, -0.15) is 0 Å². The largest absolute Gasteiger partial charge is 0.457 e. The van der Waals surface area contributed by atoms with Crippen molar-refractivity contribution < 1.29 is 9.53 Å². The predicted molar refractivity (Wildman–Crippen MR) is 87.9 cm³/mol. The van der Waals surface area contributed by atoms with Crippen molar-refractivity contribution >= 4 is 5.97 Å². The van der Waals surface area contributed by atoms with Gasteiger partial charge in [0, 0.05) is 24.9 Å². The first-order chi connectivity index (χ1) is 9.79. The number of rotatable bonds is 5. The number of nitrogens with zero attached hydrogens (tertiary/aromatic N) is 1. The van der Waals surface area contributed by atoms with Crippen LogP contribution in [0.4, 0.5) is 0 Å². The molecule has 0 N–H and O–H groups in total. The zero-order chi connectivity index (χ0) is 16.4. The number of carbonyl (C=O) groups excluding carboxylic acids is 1. The van der Waals surface area contributed by atoms with Crippen LogP contribution in [0.15, 0.2) is 24.5 Å². The number of carbonyl (C=O) groups is 1. The van der Waals surface area contributed by atoms with Gasteiger partial charge in [0.15, 0.2) is 0 Å². The first-order valence-corrected chi connectivity index (χ1v) is 7.86. The van der Waals surface area contributed by atoms with E-state index >= 15 is 0 Å². The van der Waals surface area contributed by atoms with Crippen LogP contribution in [0, 0.1) is 17.8 Å². The van der Waals surface area contributed by atoms with Gasteiger partial charge in [-0.25, -0.2) is 0 Å². The minimum atomic E-state index is -0.257. The summed E-state index contributed by atoms with van der Waals surface area (Å²) in [6.07, 6.45) is 4.56. The molecule has 0 spiro atoms. The summed E-state index contributed by atoms with van der Waals surface area (Å²) in [6, 6.07) is 3.76. The number of hydrogen-bond acceptors (Lipinski definition) is 3. The summed E-state index contributed by atoms with van der Waals surface area (Å²) in [6.45, 7) is 14.5. The van der Waals surface area contributed by atoms with Crippen LogP contribution in [0.25, 0.3) is 0 Å². The molecule has 0 aliphatic rings. The second kappa shape index (κ2) is 10.4.